The first-order valence-corrected chi connectivity index (χ1v) is 3.65. The molecule has 3 nitrogen and oxygen atoms in total. The fourth-order valence-electron chi connectivity index (χ4n) is 1.30. The van der Waals surface area contributed by atoms with Crippen molar-refractivity contribution in [2.75, 3.05) is 0 Å². The van der Waals surface area contributed by atoms with Gasteiger partial charge in [0.25, 0.3) is 5.91 Å². The van der Waals surface area contributed by atoms with Crippen LogP contribution >= 0.6 is 0 Å². The number of nitrogens with one attached hydrogen (secondary N) is 1. The SMILES string of the molecule is NC(=O)c1[nH]ccc2cccc1-2. The Hall–Kier alpha value is -1.77. The van der Waals surface area contributed by atoms with Crippen LogP contribution in [0.2, 0.25) is 0 Å². The van der Waals surface area contributed by atoms with Gasteiger partial charge in [0.2, 0.25) is 0 Å². The molecular formula is C9H8N2O. The first kappa shape index (κ1) is 6.91. The van der Waals surface area contributed by atoms with Crippen LogP contribution in [0.3, 0.4) is 0 Å². The summed E-state index contributed by atoms with van der Waals surface area (Å²) in [6.07, 6.45) is 1.71. The zero-order valence-corrected chi connectivity index (χ0v) is 6.37. The minimum atomic E-state index is -0.424. The summed E-state index contributed by atoms with van der Waals surface area (Å²) in [6.45, 7) is 0. The van der Waals surface area contributed by atoms with Crippen molar-refractivity contribution in [2.24, 2.45) is 5.73 Å². The van der Waals surface area contributed by atoms with E-state index < -0.39 is 5.91 Å². The summed E-state index contributed by atoms with van der Waals surface area (Å²) in [5, 5.41) is 0. The van der Waals surface area contributed by atoms with Crippen LogP contribution < -0.4 is 5.73 Å². The molecule has 3 heteroatoms. The number of H-pyrrole nitrogens is 1. The van der Waals surface area contributed by atoms with Crippen LogP contribution in [0.15, 0.2) is 30.5 Å². The Morgan fingerprint density at radius 3 is 2.92 bits per heavy atom. The molecule has 0 bridgehead atoms. The Morgan fingerprint density at radius 2 is 2.17 bits per heavy atom. The molecule has 1 amide bonds. The Kier molecular flexibility index (Phi) is 1.37. The average molecular weight is 160 g/mol. The number of pyridine rings is 1. The monoisotopic (exact) mass is 160 g/mol. The topological polar surface area (TPSA) is 58.9 Å². The third kappa shape index (κ3) is 0.871. The molecule has 0 aromatic carbocycles. The van der Waals surface area contributed by atoms with E-state index in [-0.39, 0.29) is 0 Å². The van der Waals surface area contributed by atoms with Crippen molar-refractivity contribution in [3.8, 4) is 11.1 Å². The molecule has 0 aromatic heterocycles. The lowest BCUT2D eigenvalue weighted by atomic mass is 10.1. The summed E-state index contributed by atoms with van der Waals surface area (Å²) < 4.78 is 0. The van der Waals surface area contributed by atoms with Crippen LogP contribution in [0, 0.1) is 0 Å². The molecule has 12 heavy (non-hydrogen) atoms. The highest BCUT2D eigenvalue weighted by Gasteiger charge is 2.10. The number of rotatable bonds is 1. The van der Waals surface area contributed by atoms with Crippen molar-refractivity contribution >= 4 is 5.91 Å². The van der Waals surface area contributed by atoms with Gasteiger partial charge < -0.3 is 10.7 Å². The Bertz CT molecular complexity index is 392. The lowest BCUT2D eigenvalue weighted by Gasteiger charge is -2.03. The van der Waals surface area contributed by atoms with E-state index in [1.54, 1.807) is 6.20 Å². The molecule has 1 aliphatic heterocycles. The predicted octanol–water partition coefficient (Wildman–Crippen LogP) is 1.22. The molecule has 0 aromatic rings. The molecule has 0 fully saturated rings. The smallest absolute Gasteiger partial charge is 0.265 e. The normalized spacial score (nSPS) is 10.3. The van der Waals surface area contributed by atoms with E-state index in [0.29, 0.717) is 5.69 Å². The second-order valence-electron chi connectivity index (χ2n) is 2.61. The molecule has 0 unspecified atom stereocenters. The maximum atomic E-state index is 10.9. The summed E-state index contributed by atoms with van der Waals surface area (Å²) in [4.78, 5) is 13.7. The van der Waals surface area contributed by atoms with E-state index in [0.717, 1.165) is 11.1 Å². The van der Waals surface area contributed by atoms with Gasteiger partial charge in [0.15, 0.2) is 0 Å². The van der Waals surface area contributed by atoms with E-state index in [4.69, 9.17) is 5.73 Å². The first-order chi connectivity index (χ1) is 5.79. The summed E-state index contributed by atoms with van der Waals surface area (Å²) in [5.41, 5.74) is 7.55. The summed E-state index contributed by atoms with van der Waals surface area (Å²) in [7, 11) is 0. The Labute approximate surface area is 69.5 Å². The number of nitrogens with two attached hydrogens (primary N) is 1. The van der Waals surface area contributed by atoms with Gasteiger partial charge in [-0.05, 0) is 11.6 Å². The van der Waals surface area contributed by atoms with Crippen LogP contribution in [-0.4, -0.2) is 10.9 Å². The first-order valence-electron chi connectivity index (χ1n) is 3.65. The van der Waals surface area contributed by atoms with Gasteiger partial charge >= 0.3 is 0 Å². The van der Waals surface area contributed by atoms with Gasteiger partial charge in [0.05, 0.1) is 0 Å². The van der Waals surface area contributed by atoms with Gasteiger partial charge in [-0.2, -0.15) is 0 Å². The van der Waals surface area contributed by atoms with E-state index in [2.05, 4.69) is 4.98 Å². The molecular weight excluding hydrogens is 152 g/mol. The van der Waals surface area contributed by atoms with Crippen molar-refractivity contribution in [1.82, 2.24) is 4.98 Å². The van der Waals surface area contributed by atoms with Gasteiger partial charge in [-0.15, -0.1) is 0 Å². The van der Waals surface area contributed by atoms with Gasteiger partial charge in [0, 0.05) is 11.8 Å². The summed E-state index contributed by atoms with van der Waals surface area (Å²) in [6, 6.07) is 7.61. The van der Waals surface area contributed by atoms with Crippen molar-refractivity contribution in [1.29, 1.82) is 0 Å². The molecule has 2 aliphatic rings. The Morgan fingerprint density at radius 1 is 1.33 bits per heavy atom. The number of carbonyl (C=O) groups is 1. The maximum absolute atomic E-state index is 10.9. The maximum Gasteiger partial charge on any atom is 0.265 e. The van der Waals surface area contributed by atoms with Crippen LogP contribution in [0.4, 0.5) is 0 Å². The van der Waals surface area contributed by atoms with Gasteiger partial charge in [-0.1, -0.05) is 18.2 Å². The number of fused-ring (bicyclic) bond motifs is 1. The molecule has 0 saturated heterocycles. The highest BCUT2D eigenvalue weighted by Crippen LogP contribution is 2.24. The number of amides is 1. The molecule has 1 heterocycles. The van der Waals surface area contributed by atoms with E-state index in [1.807, 2.05) is 24.3 Å². The molecule has 2 rings (SSSR count). The van der Waals surface area contributed by atoms with E-state index in [1.165, 1.54) is 0 Å². The highest BCUT2D eigenvalue weighted by molar-refractivity contribution is 5.98. The van der Waals surface area contributed by atoms with Crippen molar-refractivity contribution in [3.63, 3.8) is 0 Å². The second-order valence-corrected chi connectivity index (χ2v) is 2.61. The highest BCUT2D eigenvalue weighted by atomic mass is 16.1. The fraction of sp³-hybridized carbons (Fsp3) is 0. The van der Waals surface area contributed by atoms with Crippen LogP contribution in [0.5, 0.6) is 0 Å². The minimum Gasteiger partial charge on any atom is -0.364 e. The number of carbonyl (C=O) groups excluding carboxylic acids is 1. The van der Waals surface area contributed by atoms with Crippen molar-refractivity contribution in [3.05, 3.63) is 36.2 Å². The third-order valence-corrected chi connectivity index (χ3v) is 1.86. The van der Waals surface area contributed by atoms with Gasteiger partial charge in [0.1, 0.15) is 5.69 Å². The van der Waals surface area contributed by atoms with Crippen molar-refractivity contribution < 1.29 is 4.79 Å². The predicted molar refractivity (Wildman–Crippen MR) is 45.9 cm³/mol. The summed E-state index contributed by atoms with van der Waals surface area (Å²) >= 11 is 0. The van der Waals surface area contributed by atoms with Crippen LogP contribution in [0.25, 0.3) is 11.1 Å². The van der Waals surface area contributed by atoms with Crippen LogP contribution in [-0.2, 0) is 0 Å². The molecule has 0 atom stereocenters. The number of hydrogen-bond acceptors (Lipinski definition) is 1. The summed E-state index contributed by atoms with van der Waals surface area (Å²) in [5.74, 6) is -0.424. The molecule has 0 radical (unpaired) electrons. The lowest BCUT2D eigenvalue weighted by molar-refractivity contribution is 0.0996. The number of primary amides is 1. The van der Waals surface area contributed by atoms with E-state index >= 15 is 0 Å². The van der Waals surface area contributed by atoms with E-state index in [9.17, 15) is 4.79 Å². The fourth-order valence-corrected chi connectivity index (χ4v) is 1.30. The number of aromatic amines is 1. The number of aromatic nitrogens is 1. The Balaban J connectivity index is 2.71. The zero-order chi connectivity index (χ0) is 8.55. The second kappa shape index (κ2) is 2.37. The average Bonchev–Trinajstić information content (AvgIpc) is 2.49. The largest absolute Gasteiger partial charge is 0.364 e. The molecule has 3 N–H and O–H groups in total. The molecule has 60 valence electrons. The minimum absolute atomic E-state index is 0.424. The quantitative estimate of drug-likeness (QED) is 0.647. The van der Waals surface area contributed by atoms with Gasteiger partial charge in [-0.25, -0.2) is 0 Å². The number of hydrogen-bond donors (Lipinski definition) is 2. The molecule has 1 aliphatic carbocycles. The molecule has 0 saturated carbocycles. The zero-order valence-electron chi connectivity index (χ0n) is 6.37. The van der Waals surface area contributed by atoms with Gasteiger partial charge in [-0.3, -0.25) is 4.79 Å². The third-order valence-electron chi connectivity index (χ3n) is 1.86. The molecule has 0 spiro atoms. The lowest BCUT2D eigenvalue weighted by Crippen LogP contribution is -2.14. The van der Waals surface area contributed by atoms with Crippen molar-refractivity contribution in [2.45, 2.75) is 0 Å². The standard InChI is InChI=1S/C9H8N2O/c10-9(12)8-7-3-1-2-6(7)4-5-11-8/h1-5,11H,(H2,10,12). The van der Waals surface area contributed by atoms with Crippen LogP contribution in [0.1, 0.15) is 10.5 Å².